The van der Waals surface area contributed by atoms with E-state index < -0.39 is 0 Å². The van der Waals surface area contributed by atoms with Gasteiger partial charge in [-0.1, -0.05) is 6.07 Å². The van der Waals surface area contributed by atoms with E-state index in [0.717, 1.165) is 17.1 Å². The number of aromatic nitrogens is 2. The van der Waals surface area contributed by atoms with Crippen LogP contribution in [0.3, 0.4) is 0 Å². The number of fused-ring (bicyclic) bond motifs is 1. The Kier molecular flexibility index (Phi) is 5.42. The van der Waals surface area contributed by atoms with Gasteiger partial charge in [-0.3, -0.25) is 4.79 Å². The van der Waals surface area contributed by atoms with Gasteiger partial charge in [0.15, 0.2) is 11.5 Å². The molecule has 1 aromatic heterocycles. The second-order valence-corrected chi connectivity index (χ2v) is 6.22. The molecule has 1 aliphatic rings. The van der Waals surface area contributed by atoms with Gasteiger partial charge in [0, 0.05) is 18.4 Å². The second kappa shape index (κ2) is 8.47. The molecule has 1 amide bonds. The van der Waals surface area contributed by atoms with Crippen molar-refractivity contribution in [3.63, 3.8) is 0 Å². The number of carbonyl (C=O) groups is 1. The summed E-state index contributed by atoms with van der Waals surface area (Å²) in [6.45, 7) is 3.24. The molecule has 3 aromatic rings. The van der Waals surface area contributed by atoms with Crippen molar-refractivity contribution in [2.45, 2.75) is 13.5 Å². The summed E-state index contributed by atoms with van der Waals surface area (Å²) in [5.74, 6) is 2.25. The third-order valence-corrected chi connectivity index (χ3v) is 4.20. The minimum atomic E-state index is -0.317. The van der Waals surface area contributed by atoms with E-state index in [-0.39, 0.29) is 18.4 Å². The third kappa shape index (κ3) is 4.55. The largest absolute Gasteiger partial charge is 0.494 e. The van der Waals surface area contributed by atoms with E-state index in [9.17, 15) is 4.79 Å². The normalized spacial score (nSPS) is 11.8. The molecule has 2 heterocycles. The summed E-state index contributed by atoms with van der Waals surface area (Å²) >= 11 is 0. The fraction of sp³-hybridized carbons (Fsp3) is 0.190. The third-order valence-electron chi connectivity index (χ3n) is 4.20. The summed E-state index contributed by atoms with van der Waals surface area (Å²) in [4.78, 5) is 21.0. The van der Waals surface area contributed by atoms with Gasteiger partial charge < -0.3 is 24.8 Å². The average Bonchev–Trinajstić information content (AvgIpc) is 3.22. The van der Waals surface area contributed by atoms with Gasteiger partial charge in [-0.05, 0) is 55.0 Å². The van der Waals surface area contributed by atoms with Crippen LogP contribution in [-0.4, -0.2) is 29.3 Å². The zero-order valence-electron chi connectivity index (χ0n) is 15.8. The summed E-state index contributed by atoms with van der Waals surface area (Å²) in [6, 6.07) is 14.4. The smallest absolute Gasteiger partial charge is 0.274 e. The Balaban J connectivity index is 1.38. The number of anilines is 2. The molecule has 29 heavy (non-hydrogen) atoms. The number of hydrogen-bond acceptors (Lipinski definition) is 7. The number of ether oxygens (including phenoxy) is 3. The monoisotopic (exact) mass is 392 g/mol. The average molecular weight is 392 g/mol. The molecule has 1 aliphatic heterocycles. The first-order valence-electron chi connectivity index (χ1n) is 9.21. The molecule has 0 radical (unpaired) electrons. The molecule has 2 N–H and O–H groups in total. The molecule has 0 atom stereocenters. The number of hydrogen-bond donors (Lipinski definition) is 2. The van der Waals surface area contributed by atoms with Crippen molar-refractivity contribution >= 4 is 17.5 Å². The van der Waals surface area contributed by atoms with Crippen LogP contribution in [0.1, 0.15) is 23.0 Å². The Morgan fingerprint density at radius 2 is 1.93 bits per heavy atom. The Morgan fingerprint density at radius 1 is 1.10 bits per heavy atom. The van der Waals surface area contributed by atoms with E-state index in [1.807, 2.05) is 25.1 Å². The van der Waals surface area contributed by atoms with Crippen molar-refractivity contribution in [1.82, 2.24) is 9.97 Å². The summed E-state index contributed by atoms with van der Waals surface area (Å²) in [7, 11) is 0. The number of nitrogens with zero attached hydrogens (tertiary/aromatic N) is 2. The van der Waals surface area contributed by atoms with Crippen LogP contribution in [0.25, 0.3) is 0 Å². The highest BCUT2D eigenvalue weighted by Gasteiger charge is 2.13. The summed E-state index contributed by atoms with van der Waals surface area (Å²) < 4.78 is 16.1. The van der Waals surface area contributed by atoms with Crippen LogP contribution in [-0.2, 0) is 6.54 Å². The number of rotatable bonds is 7. The van der Waals surface area contributed by atoms with E-state index >= 15 is 0 Å². The van der Waals surface area contributed by atoms with E-state index in [4.69, 9.17) is 14.2 Å². The first-order valence-corrected chi connectivity index (χ1v) is 9.21. The van der Waals surface area contributed by atoms with Crippen LogP contribution in [0.2, 0.25) is 0 Å². The summed E-state index contributed by atoms with van der Waals surface area (Å²) in [5.41, 5.74) is 1.91. The van der Waals surface area contributed by atoms with Gasteiger partial charge in [0.2, 0.25) is 12.7 Å². The van der Waals surface area contributed by atoms with Gasteiger partial charge in [-0.2, -0.15) is 0 Å². The van der Waals surface area contributed by atoms with Crippen LogP contribution in [0.15, 0.2) is 54.7 Å². The van der Waals surface area contributed by atoms with Gasteiger partial charge in [0.05, 0.1) is 6.61 Å². The predicted octanol–water partition coefficient (Wildman–Crippen LogP) is 3.47. The molecule has 0 fully saturated rings. The fourth-order valence-electron chi connectivity index (χ4n) is 2.80. The maximum atomic E-state index is 12.5. The van der Waals surface area contributed by atoms with E-state index in [2.05, 4.69) is 20.6 Å². The highest BCUT2D eigenvalue weighted by atomic mass is 16.7. The van der Waals surface area contributed by atoms with Crippen LogP contribution in [0.5, 0.6) is 17.2 Å². The molecule has 8 heteroatoms. The van der Waals surface area contributed by atoms with Gasteiger partial charge in [-0.25, -0.2) is 9.97 Å². The zero-order chi connectivity index (χ0) is 20.1. The molecule has 4 rings (SSSR count). The molecule has 0 bridgehead atoms. The van der Waals surface area contributed by atoms with Crippen molar-refractivity contribution in [3.8, 4) is 17.2 Å². The molecular weight excluding hydrogens is 372 g/mol. The van der Waals surface area contributed by atoms with Crippen LogP contribution >= 0.6 is 0 Å². The second-order valence-electron chi connectivity index (χ2n) is 6.22. The lowest BCUT2D eigenvalue weighted by Gasteiger charge is -2.09. The molecular formula is C21H20N4O4. The lowest BCUT2D eigenvalue weighted by molar-refractivity contribution is 0.102. The number of amides is 1. The molecule has 0 spiro atoms. The first-order chi connectivity index (χ1) is 14.2. The standard InChI is InChI=1S/C21H20N4O4/c1-2-27-16-6-4-15(5-7-16)24-20(26)17-9-10-22-21(25-17)23-12-14-3-8-18-19(11-14)29-13-28-18/h3-11H,2,12-13H2,1H3,(H,24,26)(H,22,23,25). The molecule has 0 aliphatic carbocycles. The number of benzene rings is 2. The van der Waals surface area contributed by atoms with Crippen molar-refractivity contribution in [2.24, 2.45) is 0 Å². The lowest BCUT2D eigenvalue weighted by atomic mass is 10.2. The minimum absolute atomic E-state index is 0.237. The molecule has 0 saturated carbocycles. The fourth-order valence-corrected chi connectivity index (χ4v) is 2.80. The van der Waals surface area contributed by atoms with Crippen molar-refractivity contribution in [3.05, 3.63) is 66.0 Å². The molecule has 0 unspecified atom stereocenters. The van der Waals surface area contributed by atoms with Gasteiger partial charge in [-0.15, -0.1) is 0 Å². The summed E-state index contributed by atoms with van der Waals surface area (Å²) in [6.07, 6.45) is 1.54. The van der Waals surface area contributed by atoms with Gasteiger partial charge in [0.25, 0.3) is 5.91 Å². The number of nitrogens with one attached hydrogen (secondary N) is 2. The molecule has 148 valence electrons. The van der Waals surface area contributed by atoms with Gasteiger partial charge in [0.1, 0.15) is 11.4 Å². The quantitative estimate of drug-likeness (QED) is 0.636. The summed E-state index contributed by atoms with van der Waals surface area (Å²) in [5, 5.41) is 5.93. The molecule has 0 saturated heterocycles. The Hall–Kier alpha value is -3.81. The Labute approximate surface area is 167 Å². The van der Waals surface area contributed by atoms with Crippen LogP contribution in [0.4, 0.5) is 11.6 Å². The van der Waals surface area contributed by atoms with Crippen molar-refractivity contribution < 1.29 is 19.0 Å². The van der Waals surface area contributed by atoms with Crippen LogP contribution < -0.4 is 24.8 Å². The van der Waals surface area contributed by atoms with Crippen molar-refractivity contribution in [2.75, 3.05) is 24.0 Å². The van der Waals surface area contributed by atoms with Crippen LogP contribution in [0, 0.1) is 0 Å². The van der Waals surface area contributed by atoms with Crippen molar-refractivity contribution in [1.29, 1.82) is 0 Å². The predicted molar refractivity (Wildman–Crippen MR) is 107 cm³/mol. The first kappa shape index (κ1) is 18.5. The van der Waals surface area contributed by atoms with E-state index in [0.29, 0.717) is 30.5 Å². The Bertz CT molecular complexity index is 1010. The Morgan fingerprint density at radius 3 is 2.76 bits per heavy atom. The highest BCUT2D eigenvalue weighted by Crippen LogP contribution is 2.32. The van der Waals surface area contributed by atoms with Gasteiger partial charge >= 0.3 is 0 Å². The molecule has 2 aromatic carbocycles. The SMILES string of the molecule is CCOc1ccc(NC(=O)c2ccnc(NCc3ccc4c(c3)OCO4)n2)cc1. The minimum Gasteiger partial charge on any atom is -0.494 e. The van der Waals surface area contributed by atoms with E-state index in [1.165, 1.54) is 0 Å². The van der Waals surface area contributed by atoms with E-state index in [1.54, 1.807) is 36.5 Å². The maximum Gasteiger partial charge on any atom is 0.274 e. The molecule has 8 nitrogen and oxygen atoms in total. The number of carbonyl (C=O) groups excluding carboxylic acids is 1. The maximum absolute atomic E-state index is 12.5. The zero-order valence-corrected chi connectivity index (χ0v) is 15.8. The topological polar surface area (TPSA) is 94.6 Å². The lowest BCUT2D eigenvalue weighted by Crippen LogP contribution is -2.15. The highest BCUT2D eigenvalue weighted by molar-refractivity contribution is 6.02.